The number of aldehydes is 1. The summed E-state index contributed by atoms with van der Waals surface area (Å²) in [7, 11) is 1.66. The molecule has 0 aliphatic carbocycles. The molecule has 3 unspecified atom stereocenters. The van der Waals surface area contributed by atoms with Gasteiger partial charge in [-0.3, -0.25) is 43.4 Å². The molecule has 0 saturated carbocycles. The maximum atomic E-state index is 12.7. The van der Waals surface area contributed by atoms with Gasteiger partial charge < -0.3 is 30.7 Å². The number of hydrogen-bond donors (Lipinski definition) is 4. The monoisotopic (exact) mass is 970 g/mol. The smallest absolute Gasteiger partial charge is 0.414 e. The van der Waals surface area contributed by atoms with Gasteiger partial charge in [-0.2, -0.15) is 0 Å². The van der Waals surface area contributed by atoms with E-state index in [9.17, 15) is 43.2 Å². The molecule has 2 aliphatic rings. The molecule has 2 fully saturated rings. The first-order valence-corrected chi connectivity index (χ1v) is 23.9. The largest absolute Gasteiger partial charge is 0.443 e. The number of aryl methyl sites for hydroxylation is 2. The molecule has 0 aromatic carbocycles. The van der Waals surface area contributed by atoms with E-state index in [-0.39, 0.29) is 55.1 Å². The minimum Gasteiger partial charge on any atom is -0.443 e. The van der Waals surface area contributed by atoms with Gasteiger partial charge >= 0.3 is 12.2 Å². The lowest BCUT2D eigenvalue weighted by atomic mass is 10.1. The van der Waals surface area contributed by atoms with Crippen molar-refractivity contribution in [1.82, 2.24) is 41.0 Å². The summed E-state index contributed by atoms with van der Waals surface area (Å²) in [4.78, 5) is 121. The number of Topliss-reactive ketones (excluding diaryl/α,β-unsaturated/α-hetero) is 3. The minimum atomic E-state index is -0.985. The number of nitrogens with zero attached hydrogens (tertiary/aromatic N) is 4. The Labute approximate surface area is 400 Å². The summed E-state index contributed by atoms with van der Waals surface area (Å²) in [6, 6.07) is -1.43. The molecule has 0 spiro atoms. The van der Waals surface area contributed by atoms with Crippen LogP contribution in [0.3, 0.4) is 0 Å². The van der Waals surface area contributed by atoms with Gasteiger partial charge in [0, 0.05) is 46.7 Å². The second-order valence-corrected chi connectivity index (χ2v) is 20.2. The molecule has 368 valence electrons. The molecule has 67 heavy (non-hydrogen) atoms. The Hall–Kier alpha value is -5.67. The van der Waals surface area contributed by atoms with Crippen LogP contribution in [0, 0.1) is 0 Å². The van der Waals surface area contributed by atoms with E-state index in [1.807, 2.05) is 40.0 Å². The molecule has 4 rings (SSSR count). The molecule has 0 radical (unpaired) electrons. The Bertz CT molecular complexity index is 2190. The second kappa shape index (κ2) is 25.5. The minimum absolute atomic E-state index is 0.0982. The van der Waals surface area contributed by atoms with E-state index in [1.54, 1.807) is 45.0 Å². The fourth-order valence-electron chi connectivity index (χ4n) is 6.55. The third-order valence-electron chi connectivity index (χ3n) is 10.2. The molecule has 4 N–H and O–H groups in total. The lowest BCUT2D eigenvalue weighted by Crippen LogP contribution is -2.41. The number of carbonyl (C=O) groups excluding carboxylic acids is 9. The topological polar surface area (TPSA) is 252 Å². The standard InChI is InChI=1S/C34H47N7O8S2.C12H19NO3/c1-19-8-10-23(41(19)33(48)49-34(4,5)6)12-30(47)38-21(3)26(43)14-28(45)36-15-27(44)24-18-51-31(40-24)11-9-22-17-50-32(39-22)16-37-29(46)13-25(42)20(2)35-7;1-9-5-6-10(7-8-14)13(9)11(15)16-12(2,3)4/h12,17-21,35H,8-11,13-16H2,1-7H3,(H,36,45)(H,37,46)(H,38,47);7-9H,5-6H2,1-4H3/b23-12+;10-7+/t;9-/m.0/s1. The van der Waals surface area contributed by atoms with E-state index in [0.29, 0.717) is 47.7 Å². The Kier molecular flexibility index (Phi) is 21.1. The fraction of sp³-hybridized carbons (Fsp3) is 0.587. The molecule has 5 amide bonds. The van der Waals surface area contributed by atoms with Crippen molar-refractivity contribution in [2.75, 3.05) is 13.6 Å². The van der Waals surface area contributed by atoms with Crippen molar-refractivity contribution in [2.45, 2.75) is 163 Å². The van der Waals surface area contributed by atoms with Gasteiger partial charge in [-0.25, -0.2) is 19.6 Å². The molecular weight excluding hydrogens is 905 g/mol. The molecule has 2 saturated heterocycles. The van der Waals surface area contributed by atoms with Crippen molar-refractivity contribution in [3.05, 3.63) is 55.7 Å². The molecule has 2 aromatic rings. The number of amides is 5. The van der Waals surface area contributed by atoms with Gasteiger partial charge in [-0.05, 0) is 114 Å². The van der Waals surface area contributed by atoms with Gasteiger partial charge in [0.2, 0.25) is 23.5 Å². The van der Waals surface area contributed by atoms with E-state index in [2.05, 4.69) is 31.2 Å². The lowest BCUT2D eigenvalue weighted by Gasteiger charge is -2.28. The maximum absolute atomic E-state index is 12.7. The average molecular weight is 971 g/mol. The van der Waals surface area contributed by atoms with Crippen LogP contribution < -0.4 is 21.3 Å². The summed E-state index contributed by atoms with van der Waals surface area (Å²) >= 11 is 2.70. The number of rotatable bonds is 18. The summed E-state index contributed by atoms with van der Waals surface area (Å²) in [5, 5.41) is 15.4. The number of nitrogens with one attached hydrogen (secondary N) is 4. The van der Waals surface area contributed by atoms with Gasteiger partial charge in [0.1, 0.15) is 28.2 Å². The molecule has 4 atom stereocenters. The van der Waals surface area contributed by atoms with Gasteiger partial charge in [-0.15, -0.1) is 22.7 Å². The number of ether oxygens (including phenoxy) is 2. The average Bonchev–Trinajstić information content (AvgIpc) is 4.04. The highest BCUT2D eigenvalue weighted by Gasteiger charge is 2.35. The van der Waals surface area contributed by atoms with Crippen LogP contribution in [0.25, 0.3) is 0 Å². The van der Waals surface area contributed by atoms with Crippen LogP contribution in [0.5, 0.6) is 0 Å². The van der Waals surface area contributed by atoms with Crippen LogP contribution in [0.2, 0.25) is 0 Å². The Morgan fingerprint density at radius 3 is 1.87 bits per heavy atom. The molecule has 2 aliphatic heterocycles. The predicted octanol–water partition coefficient (Wildman–Crippen LogP) is 5.12. The first-order chi connectivity index (χ1) is 31.3. The second-order valence-electron chi connectivity index (χ2n) is 18.3. The number of thiazole rings is 2. The number of ketones is 3. The van der Waals surface area contributed by atoms with Gasteiger partial charge in [0.25, 0.3) is 0 Å². The molecule has 21 heteroatoms. The third-order valence-corrected chi connectivity index (χ3v) is 12.0. The first-order valence-electron chi connectivity index (χ1n) is 22.2. The fourth-order valence-corrected chi connectivity index (χ4v) is 8.12. The van der Waals surface area contributed by atoms with Gasteiger partial charge in [0.05, 0.1) is 48.7 Å². The molecule has 0 bridgehead atoms. The van der Waals surface area contributed by atoms with Gasteiger partial charge in [0.15, 0.2) is 11.6 Å². The summed E-state index contributed by atoms with van der Waals surface area (Å²) in [5.41, 5.74) is 1.03. The van der Waals surface area contributed by atoms with Crippen LogP contribution >= 0.6 is 22.7 Å². The summed E-state index contributed by atoms with van der Waals surface area (Å²) in [6.45, 7) is 17.6. The Morgan fingerprint density at radius 1 is 0.761 bits per heavy atom. The summed E-state index contributed by atoms with van der Waals surface area (Å²) in [5.74, 6) is -2.77. The van der Waals surface area contributed by atoms with Crippen LogP contribution in [-0.2, 0) is 57.6 Å². The van der Waals surface area contributed by atoms with E-state index in [0.717, 1.165) is 24.2 Å². The lowest BCUT2D eigenvalue weighted by molar-refractivity contribution is -0.131. The van der Waals surface area contributed by atoms with Crippen LogP contribution in [0.1, 0.15) is 134 Å². The Morgan fingerprint density at radius 2 is 1.30 bits per heavy atom. The van der Waals surface area contributed by atoms with Crippen LogP contribution in [0.4, 0.5) is 9.59 Å². The number of likely N-dealkylation sites (N-methyl/N-ethyl adjacent to an activating group) is 1. The predicted molar refractivity (Wildman–Crippen MR) is 252 cm³/mol. The van der Waals surface area contributed by atoms with Crippen molar-refractivity contribution in [3.63, 3.8) is 0 Å². The van der Waals surface area contributed by atoms with Crippen molar-refractivity contribution in [1.29, 1.82) is 0 Å². The zero-order valence-corrected chi connectivity index (χ0v) is 42.0. The quantitative estimate of drug-likeness (QED) is 0.0655. The number of hydrogen-bond acceptors (Lipinski definition) is 16. The maximum Gasteiger partial charge on any atom is 0.414 e. The van der Waals surface area contributed by atoms with Crippen molar-refractivity contribution >= 4 is 76.2 Å². The van der Waals surface area contributed by atoms with Gasteiger partial charge in [-0.1, -0.05) is 0 Å². The summed E-state index contributed by atoms with van der Waals surface area (Å²) < 4.78 is 10.8. The molecule has 2 aromatic heterocycles. The van der Waals surface area contributed by atoms with E-state index in [1.165, 1.54) is 46.6 Å². The first kappa shape index (κ1) is 55.7. The highest BCUT2D eigenvalue weighted by atomic mass is 32.1. The SMILES string of the molecule is CNC(C)C(=O)CC(=O)NCc1nc(CCc2nc(C(=O)CNC(=O)CC(=O)C(C)NC(=O)/C=C3\CCC(C)N3C(=O)OC(C)(C)C)cs2)cs1.C[C@H]1CC/C(=C\C=O)N1C(=O)OC(C)(C)C. The number of carbonyl (C=O) groups is 9. The summed E-state index contributed by atoms with van der Waals surface area (Å²) in [6.07, 6.45) is 5.63. The third kappa shape index (κ3) is 18.9. The van der Waals surface area contributed by atoms with Crippen molar-refractivity contribution in [3.8, 4) is 0 Å². The van der Waals surface area contributed by atoms with Crippen LogP contribution in [-0.4, -0.2) is 122 Å². The normalized spacial score (nSPS) is 18.1. The highest BCUT2D eigenvalue weighted by molar-refractivity contribution is 7.10. The number of allylic oxidation sites excluding steroid dienone is 3. The molecular formula is C46H66N8O11S2. The molecule has 19 nitrogen and oxygen atoms in total. The Balaban J connectivity index is 0.000000626. The van der Waals surface area contributed by atoms with Crippen molar-refractivity contribution < 1.29 is 52.6 Å². The van der Waals surface area contributed by atoms with Crippen LogP contribution in [0.15, 0.2) is 34.3 Å². The van der Waals surface area contributed by atoms with Crippen molar-refractivity contribution in [2.24, 2.45) is 0 Å². The zero-order chi connectivity index (χ0) is 50.2. The van der Waals surface area contributed by atoms with E-state index in [4.69, 9.17) is 9.47 Å². The van der Waals surface area contributed by atoms with E-state index >= 15 is 0 Å². The zero-order valence-electron chi connectivity index (χ0n) is 40.4. The number of likely N-dealkylation sites (tertiary alicyclic amines) is 2. The molecule has 4 heterocycles. The number of aromatic nitrogens is 2. The van der Waals surface area contributed by atoms with E-state index < -0.39 is 59.2 Å². The highest BCUT2D eigenvalue weighted by Crippen LogP contribution is 2.30.